The van der Waals surface area contributed by atoms with Gasteiger partial charge in [-0.3, -0.25) is 4.79 Å². The zero-order valence-corrected chi connectivity index (χ0v) is 19.5. The third-order valence-electron chi connectivity index (χ3n) is 6.02. The second kappa shape index (κ2) is 9.99. The van der Waals surface area contributed by atoms with Gasteiger partial charge < -0.3 is 29.4 Å². The van der Waals surface area contributed by atoms with Gasteiger partial charge in [0.05, 0.1) is 18.2 Å². The number of hydrogen-bond donors (Lipinski definition) is 2. The van der Waals surface area contributed by atoms with Gasteiger partial charge in [0.2, 0.25) is 0 Å². The zero-order valence-electron chi connectivity index (χ0n) is 18.6. The number of pyridine rings is 1. The average Bonchev–Trinajstić information content (AvgIpc) is 3.36. The van der Waals surface area contributed by atoms with Crippen molar-refractivity contribution in [2.24, 2.45) is 0 Å². The Balaban J connectivity index is 1.40. The lowest BCUT2D eigenvalue weighted by atomic mass is 10.1. The lowest BCUT2D eigenvalue weighted by molar-refractivity contribution is 0.113. The lowest BCUT2D eigenvalue weighted by Crippen LogP contribution is -2.42. The van der Waals surface area contributed by atoms with Crippen LogP contribution in [-0.4, -0.2) is 47.5 Å². The molecule has 2 aliphatic rings. The Morgan fingerprint density at radius 1 is 1.09 bits per heavy atom. The molecule has 1 atom stereocenters. The molecule has 34 heavy (non-hydrogen) atoms. The quantitative estimate of drug-likeness (QED) is 0.520. The van der Waals surface area contributed by atoms with Crippen molar-refractivity contribution in [3.63, 3.8) is 0 Å². The zero-order chi connectivity index (χ0) is 23.5. The number of aromatic nitrogens is 1. The Morgan fingerprint density at radius 3 is 2.59 bits per heavy atom. The van der Waals surface area contributed by atoms with Gasteiger partial charge in [0.15, 0.2) is 16.6 Å². The number of nitrogens with one attached hydrogen (secondary N) is 2. The van der Waals surface area contributed by atoms with Crippen molar-refractivity contribution < 1.29 is 18.6 Å². The second-order valence-corrected chi connectivity index (χ2v) is 8.90. The van der Waals surface area contributed by atoms with Crippen LogP contribution in [0.25, 0.3) is 10.9 Å². The van der Waals surface area contributed by atoms with E-state index in [0.29, 0.717) is 54.0 Å². The van der Waals surface area contributed by atoms with Crippen molar-refractivity contribution in [3.8, 4) is 11.5 Å². The van der Waals surface area contributed by atoms with Crippen LogP contribution in [0.5, 0.6) is 11.5 Å². The van der Waals surface area contributed by atoms with Crippen molar-refractivity contribution in [2.75, 3.05) is 26.4 Å². The Morgan fingerprint density at radius 2 is 1.85 bits per heavy atom. The number of nitrogens with zero attached hydrogens (tertiary/aromatic N) is 1. The summed E-state index contributed by atoms with van der Waals surface area (Å²) >= 11 is 5.69. The van der Waals surface area contributed by atoms with Crippen LogP contribution < -0.4 is 20.3 Å². The van der Waals surface area contributed by atoms with E-state index in [2.05, 4.69) is 10.3 Å². The molecule has 1 saturated heterocycles. The van der Waals surface area contributed by atoms with Crippen LogP contribution in [0.4, 0.5) is 4.39 Å². The van der Waals surface area contributed by atoms with Gasteiger partial charge in [-0.15, -0.1) is 0 Å². The Hall–Kier alpha value is -3.17. The second-order valence-electron chi connectivity index (χ2n) is 8.51. The fourth-order valence-corrected chi connectivity index (χ4v) is 4.45. The minimum absolute atomic E-state index is 0.128. The molecule has 3 aromatic rings. The van der Waals surface area contributed by atoms with Crippen LogP contribution in [-0.2, 0) is 17.8 Å². The number of ether oxygens (including phenoxy) is 3. The molecule has 7 nitrogen and oxygen atoms in total. The molecular formula is C25H26FN3O4S. The van der Waals surface area contributed by atoms with E-state index in [1.54, 1.807) is 18.2 Å². The summed E-state index contributed by atoms with van der Waals surface area (Å²) in [6, 6.07) is 11.8. The van der Waals surface area contributed by atoms with Gasteiger partial charge >= 0.3 is 0 Å². The molecule has 2 N–H and O–H groups in total. The van der Waals surface area contributed by atoms with Crippen molar-refractivity contribution >= 4 is 28.2 Å². The Bertz CT molecular complexity index is 1240. The molecule has 0 aliphatic carbocycles. The molecule has 0 bridgehead atoms. The maximum atomic E-state index is 13.4. The summed E-state index contributed by atoms with van der Waals surface area (Å²) in [7, 11) is 0. The number of fused-ring (bicyclic) bond motifs is 2. The van der Waals surface area contributed by atoms with Crippen LogP contribution in [0.1, 0.15) is 24.0 Å². The number of rotatable bonds is 6. The fourth-order valence-electron chi connectivity index (χ4n) is 4.24. The molecule has 9 heteroatoms. The molecule has 3 heterocycles. The van der Waals surface area contributed by atoms with Crippen molar-refractivity contribution in [1.82, 2.24) is 15.2 Å². The van der Waals surface area contributed by atoms with Crippen LogP contribution in [0.15, 0.2) is 47.3 Å². The summed E-state index contributed by atoms with van der Waals surface area (Å²) in [5, 5.41) is 4.65. The van der Waals surface area contributed by atoms with Gasteiger partial charge in [0, 0.05) is 36.7 Å². The van der Waals surface area contributed by atoms with Crippen LogP contribution >= 0.6 is 12.2 Å². The SMILES string of the molecule is O=c1[nH]c2cc3c(cc2cc1CN(Cc1ccc(F)cc1)C(=S)NCC1CCCO1)OCCO3. The van der Waals surface area contributed by atoms with Crippen molar-refractivity contribution in [2.45, 2.75) is 32.0 Å². The minimum Gasteiger partial charge on any atom is -0.486 e. The van der Waals surface area contributed by atoms with Gasteiger partial charge in [-0.1, -0.05) is 12.1 Å². The van der Waals surface area contributed by atoms with Crippen LogP contribution in [0, 0.1) is 5.82 Å². The summed E-state index contributed by atoms with van der Waals surface area (Å²) in [5.41, 5.74) is 1.93. The highest BCUT2D eigenvalue weighted by molar-refractivity contribution is 7.80. The molecule has 1 fully saturated rings. The number of halogens is 1. The number of benzene rings is 2. The molecule has 0 radical (unpaired) electrons. The van der Waals surface area contributed by atoms with Gasteiger partial charge in [-0.05, 0) is 54.9 Å². The van der Waals surface area contributed by atoms with Gasteiger partial charge in [-0.25, -0.2) is 4.39 Å². The number of H-pyrrole nitrogens is 1. The first kappa shape index (κ1) is 22.6. The van der Waals surface area contributed by atoms with Gasteiger partial charge in [-0.2, -0.15) is 0 Å². The summed E-state index contributed by atoms with van der Waals surface area (Å²) in [4.78, 5) is 17.8. The first-order valence-electron chi connectivity index (χ1n) is 11.4. The molecule has 1 unspecified atom stereocenters. The number of thiocarbonyl (C=S) groups is 1. The highest BCUT2D eigenvalue weighted by Gasteiger charge is 2.19. The summed E-state index contributed by atoms with van der Waals surface area (Å²) < 4.78 is 30.4. The third-order valence-corrected chi connectivity index (χ3v) is 6.43. The van der Waals surface area contributed by atoms with E-state index in [9.17, 15) is 9.18 Å². The fraction of sp³-hybridized carbons (Fsp3) is 0.360. The average molecular weight is 484 g/mol. The monoisotopic (exact) mass is 483 g/mol. The highest BCUT2D eigenvalue weighted by Crippen LogP contribution is 2.33. The van der Waals surface area contributed by atoms with E-state index < -0.39 is 0 Å². The predicted octanol–water partition coefficient (Wildman–Crippen LogP) is 3.49. The molecule has 2 aliphatic heterocycles. The maximum absolute atomic E-state index is 13.4. The van der Waals surface area contributed by atoms with E-state index in [0.717, 1.165) is 30.4 Å². The first-order valence-corrected chi connectivity index (χ1v) is 11.8. The molecule has 5 rings (SSSR count). The molecule has 0 amide bonds. The maximum Gasteiger partial charge on any atom is 0.253 e. The van der Waals surface area contributed by atoms with Gasteiger partial charge in [0.1, 0.15) is 19.0 Å². The van der Waals surface area contributed by atoms with Crippen LogP contribution in [0.3, 0.4) is 0 Å². The molecule has 0 saturated carbocycles. The minimum atomic E-state index is -0.296. The van der Waals surface area contributed by atoms with E-state index in [1.807, 2.05) is 17.0 Å². The lowest BCUT2D eigenvalue weighted by Gasteiger charge is -2.27. The Kier molecular flexibility index (Phi) is 6.64. The topological polar surface area (TPSA) is 75.8 Å². The summed E-state index contributed by atoms with van der Waals surface area (Å²) in [6.07, 6.45) is 2.17. The third kappa shape index (κ3) is 5.15. The van der Waals surface area contributed by atoms with E-state index >= 15 is 0 Å². The predicted molar refractivity (Wildman–Crippen MR) is 131 cm³/mol. The van der Waals surface area contributed by atoms with Crippen molar-refractivity contribution in [3.05, 3.63) is 69.8 Å². The highest BCUT2D eigenvalue weighted by atomic mass is 32.1. The number of hydrogen-bond acceptors (Lipinski definition) is 5. The Labute approximate surface area is 201 Å². The van der Waals surface area contributed by atoms with E-state index in [1.165, 1.54) is 12.1 Å². The normalized spacial score (nSPS) is 17.0. The molecule has 2 aromatic carbocycles. The smallest absolute Gasteiger partial charge is 0.253 e. The van der Waals surface area contributed by atoms with Crippen LogP contribution in [0.2, 0.25) is 0 Å². The molecular weight excluding hydrogens is 457 g/mol. The first-order chi connectivity index (χ1) is 16.5. The van der Waals surface area contributed by atoms with E-state index in [-0.39, 0.29) is 24.0 Å². The molecule has 0 spiro atoms. The standard InChI is InChI=1S/C25H26FN3O4S/c26-19-5-3-16(4-6-19)14-29(25(34)27-13-20-2-1-7-31-20)15-18-10-17-11-22-23(33-9-8-32-22)12-21(17)28-24(18)30/h3-6,10-12,20H,1-2,7-9,13-15H2,(H,27,34)(H,28,30). The molecule has 1 aromatic heterocycles. The summed E-state index contributed by atoms with van der Waals surface area (Å²) in [5.74, 6) is 0.989. The number of aromatic amines is 1. The van der Waals surface area contributed by atoms with Gasteiger partial charge in [0.25, 0.3) is 5.56 Å². The molecule has 178 valence electrons. The summed E-state index contributed by atoms with van der Waals surface area (Å²) in [6.45, 7) is 3.06. The van der Waals surface area contributed by atoms with Crippen molar-refractivity contribution in [1.29, 1.82) is 0 Å². The largest absolute Gasteiger partial charge is 0.486 e. The van der Waals surface area contributed by atoms with E-state index in [4.69, 9.17) is 26.4 Å².